The van der Waals surface area contributed by atoms with Crippen LogP contribution in [0.5, 0.6) is 5.75 Å². The van der Waals surface area contributed by atoms with E-state index < -0.39 is 6.16 Å². The van der Waals surface area contributed by atoms with Crippen LogP contribution in [-0.4, -0.2) is 33.9 Å². The molecule has 1 aliphatic rings. The Hall–Kier alpha value is -3.09. The number of fused-ring (bicyclic) bond motifs is 2. The Labute approximate surface area is 157 Å². The van der Waals surface area contributed by atoms with Crippen molar-refractivity contribution < 1.29 is 14.3 Å². The molecule has 0 saturated carbocycles. The number of benzene rings is 1. The van der Waals surface area contributed by atoms with E-state index in [4.69, 9.17) is 9.47 Å². The number of carbonyl (C=O) groups is 1. The van der Waals surface area contributed by atoms with Crippen LogP contribution in [0.15, 0.2) is 36.8 Å². The molecular formula is C20H22N4O3. The second-order valence-electron chi connectivity index (χ2n) is 6.43. The second kappa shape index (κ2) is 7.26. The summed E-state index contributed by atoms with van der Waals surface area (Å²) in [7, 11) is 0. The summed E-state index contributed by atoms with van der Waals surface area (Å²) >= 11 is 0. The van der Waals surface area contributed by atoms with Crippen LogP contribution in [-0.2, 0) is 24.1 Å². The molecule has 0 unspecified atom stereocenters. The van der Waals surface area contributed by atoms with Crippen molar-refractivity contribution in [3.05, 3.63) is 53.5 Å². The molecule has 140 valence electrons. The van der Waals surface area contributed by atoms with E-state index in [1.807, 2.05) is 6.92 Å². The van der Waals surface area contributed by atoms with Gasteiger partial charge in [0.25, 0.3) is 0 Å². The summed E-state index contributed by atoms with van der Waals surface area (Å²) in [5.74, 6) is 1.32. The van der Waals surface area contributed by atoms with Crippen molar-refractivity contribution in [3.63, 3.8) is 0 Å². The first-order chi connectivity index (χ1) is 13.2. The molecule has 1 aromatic carbocycles. The maximum atomic E-state index is 11.8. The summed E-state index contributed by atoms with van der Waals surface area (Å²) in [5, 5.41) is 4.31. The molecule has 0 saturated heterocycles. The Morgan fingerprint density at radius 2 is 2.04 bits per heavy atom. The molecule has 4 rings (SSSR count). The normalized spacial score (nSPS) is 13.5. The number of anilines is 1. The fourth-order valence-corrected chi connectivity index (χ4v) is 3.61. The number of aromatic nitrogens is 3. The van der Waals surface area contributed by atoms with Crippen LogP contribution in [0.2, 0.25) is 0 Å². The highest BCUT2D eigenvalue weighted by Crippen LogP contribution is 2.33. The third-order valence-corrected chi connectivity index (χ3v) is 4.86. The van der Waals surface area contributed by atoms with Gasteiger partial charge in [0.1, 0.15) is 11.8 Å². The number of ether oxygens (including phenoxy) is 2. The highest BCUT2D eigenvalue weighted by Gasteiger charge is 2.24. The zero-order chi connectivity index (χ0) is 18.8. The van der Waals surface area contributed by atoms with Crippen LogP contribution in [0.4, 0.5) is 10.6 Å². The van der Waals surface area contributed by atoms with Crippen LogP contribution >= 0.6 is 0 Å². The summed E-state index contributed by atoms with van der Waals surface area (Å²) in [5.41, 5.74) is 4.47. The fraction of sp³-hybridized carbons (Fsp3) is 0.350. The number of aryl methyl sites for hydroxylation is 1. The maximum absolute atomic E-state index is 11.8. The van der Waals surface area contributed by atoms with E-state index in [0.717, 1.165) is 36.4 Å². The van der Waals surface area contributed by atoms with Crippen molar-refractivity contribution in [2.24, 2.45) is 0 Å². The van der Waals surface area contributed by atoms with Gasteiger partial charge in [-0.2, -0.15) is 5.10 Å². The Kier molecular flexibility index (Phi) is 4.66. The predicted octanol–water partition coefficient (Wildman–Crippen LogP) is 3.39. The molecule has 0 radical (unpaired) electrons. The van der Waals surface area contributed by atoms with Gasteiger partial charge in [-0.15, -0.1) is 0 Å². The molecule has 0 N–H and O–H groups in total. The summed E-state index contributed by atoms with van der Waals surface area (Å²) in [6.07, 6.45) is 4.21. The standard InChI is InChI=1S/C20H22N4O3/c1-3-16-17(27-20(25)26-4-2)12-24-18(16)19(21-13-22-24)23-10-9-14-7-5-6-8-15(14)11-23/h5-8,12-13H,3-4,9-11H2,1-2H3. The van der Waals surface area contributed by atoms with Gasteiger partial charge in [-0.05, 0) is 30.9 Å². The van der Waals surface area contributed by atoms with Crippen molar-refractivity contribution in [2.45, 2.75) is 33.2 Å². The topological polar surface area (TPSA) is 69.0 Å². The molecule has 0 fully saturated rings. The van der Waals surface area contributed by atoms with E-state index in [1.54, 1.807) is 17.6 Å². The van der Waals surface area contributed by atoms with Crippen LogP contribution in [0.1, 0.15) is 30.5 Å². The van der Waals surface area contributed by atoms with Crippen LogP contribution < -0.4 is 9.64 Å². The van der Waals surface area contributed by atoms with Gasteiger partial charge < -0.3 is 14.4 Å². The molecule has 27 heavy (non-hydrogen) atoms. The quantitative estimate of drug-likeness (QED) is 0.659. The molecule has 3 heterocycles. The lowest BCUT2D eigenvalue weighted by atomic mass is 10.00. The van der Waals surface area contributed by atoms with Crippen molar-refractivity contribution in [2.75, 3.05) is 18.1 Å². The zero-order valence-electron chi connectivity index (χ0n) is 15.5. The monoisotopic (exact) mass is 366 g/mol. The van der Waals surface area contributed by atoms with E-state index in [1.165, 1.54) is 17.5 Å². The summed E-state index contributed by atoms with van der Waals surface area (Å²) < 4.78 is 12.0. The number of rotatable bonds is 4. The Morgan fingerprint density at radius 1 is 1.22 bits per heavy atom. The first kappa shape index (κ1) is 17.3. The van der Waals surface area contributed by atoms with Gasteiger partial charge in [-0.25, -0.2) is 14.3 Å². The largest absolute Gasteiger partial charge is 0.513 e. The van der Waals surface area contributed by atoms with Crippen LogP contribution in [0.3, 0.4) is 0 Å². The number of hydrogen-bond acceptors (Lipinski definition) is 6. The van der Waals surface area contributed by atoms with E-state index in [-0.39, 0.29) is 6.61 Å². The molecular weight excluding hydrogens is 344 g/mol. The third-order valence-electron chi connectivity index (χ3n) is 4.86. The first-order valence-corrected chi connectivity index (χ1v) is 9.22. The van der Waals surface area contributed by atoms with Gasteiger partial charge in [-0.3, -0.25) is 0 Å². The van der Waals surface area contributed by atoms with Crippen LogP contribution in [0, 0.1) is 0 Å². The second-order valence-corrected chi connectivity index (χ2v) is 6.43. The number of carbonyl (C=O) groups excluding carboxylic acids is 1. The van der Waals surface area contributed by atoms with Crippen molar-refractivity contribution in [1.82, 2.24) is 14.6 Å². The Balaban J connectivity index is 1.74. The van der Waals surface area contributed by atoms with E-state index >= 15 is 0 Å². The smallest absolute Gasteiger partial charge is 0.434 e. The molecule has 7 nitrogen and oxygen atoms in total. The summed E-state index contributed by atoms with van der Waals surface area (Å²) in [6, 6.07) is 8.49. The average molecular weight is 366 g/mol. The Morgan fingerprint density at radius 3 is 2.81 bits per heavy atom. The minimum absolute atomic E-state index is 0.270. The highest BCUT2D eigenvalue weighted by atomic mass is 16.7. The molecule has 0 aliphatic carbocycles. The molecule has 0 bridgehead atoms. The van der Waals surface area contributed by atoms with Crippen molar-refractivity contribution in [1.29, 1.82) is 0 Å². The maximum Gasteiger partial charge on any atom is 0.513 e. The molecule has 3 aromatic rings. The lowest BCUT2D eigenvalue weighted by Crippen LogP contribution is -2.31. The predicted molar refractivity (Wildman–Crippen MR) is 101 cm³/mol. The Bertz CT molecular complexity index is 983. The van der Waals surface area contributed by atoms with Gasteiger partial charge in [0.05, 0.1) is 12.8 Å². The minimum atomic E-state index is -0.704. The zero-order valence-corrected chi connectivity index (χ0v) is 15.5. The summed E-state index contributed by atoms with van der Waals surface area (Å²) in [6.45, 7) is 5.72. The van der Waals surface area contributed by atoms with Crippen molar-refractivity contribution in [3.8, 4) is 5.75 Å². The van der Waals surface area contributed by atoms with Gasteiger partial charge >= 0.3 is 6.16 Å². The van der Waals surface area contributed by atoms with Gasteiger partial charge in [0.2, 0.25) is 0 Å². The minimum Gasteiger partial charge on any atom is -0.434 e. The lowest BCUT2D eigenvalue weighted by molar-refractivity contribution is 0.104. The van der Waals surface area contributed by atoms with Crippen molar-refractivity contribution >= 4 is 17.5 Å². The third kappa shape index (κ3) is 3.20. The molecule has 1 aliphatic heterocycles. The SMILES string of the molecule is CCOC(=O)Oc1cn2ncnc(N3CCc4ccccc4C3)c2c1CC. The molecule has 0 atom stereocenters. The van der Waals surface area contributed by atoms with Gasteiger partial charge in [-0.1, -0.05) is 31.2 Å². The van der Waals surface area contributed by atoms with E-state index in [2.05, 4.69) is 39.2 Å². The fourth-order valence-electron chi connectivity index (χ4n) is 3.61. The first-order valence-electron chi connectivity index (χ1n) is 9.22. The molecule has 7 heteroatoms. The van der Waals surface area contributed by atoms with E-state index in [9.17, 15) is 4.79 Å². The average Bonchev–Trinajstić information content (AvgIpc) is 3.04. The molecule has 0 amide bonds. The lowest BCUT2D eigenvalue weighted by Gasteiger charge is -2.30. The number of nitrogens with zero attached hydrogens (tertiary/aromatic N) is 4. The molecule has 2 aromatic heterocycles. The summed E-state index contributed by atoms with van der Waals surface area (Å²) in [4.78, 5) is 18.6. The number of hydrogen-bond donors (Lipinski definition) is 0. The molecule has 0 spiro atoms. The van der Waals surface area contributed by atoms with Crippen LogP contribution in [0.25, 0.3) is 5.52 Å². The van der Waals surface area contributed by atoms with E-state index in [0.29, 0.717) is 12.2 Å². The van der Waals surface area contributed by atoms with Gasteiger partial charge in [0.15, 0.2) is 11.6 Å². The van der Waals surface area contributed by atoms with Gasteiger partial charge in [0, 0.05) is 18.7 Å². The highest BCUT2D eigenvalue weighted by molar-refractivity contribution is 5.78.